The van der Waals surface area contributed by atoms with Crippen molar-refractivity contribution in [3.05, 3.63) is 65.0 Å². The highest BCUT2D eigenvalue weighted by atomic mass is 16.1. The molecule has 0 fully saturated rings. The molecule has 0 aliphatic carbocycles. The fraction of sp³-hybridized carbons (Fsp3) is 0.0588. The maximum atomic E-state index is 12.7. The van der Waals surface area contributed by atoms with Gasteiger partial charge in [0.15, 0.2) is 0 Å². The van der Waals surface area contributed by atoms with Crippen molar-refractivity contribution in [3.63, 3.8) is 0 Å². The monoisotopic (exact) mass is 290 g/mol. The van der Waals surface area contributed by atoms with Crippen LogP contribution in [-0.2, 0) is 7.05 Å². The Morgan fingerprint density at radius 3 is 2.68 bits per heavy atom. The van der Waals surface area contributed by atoms with Crippen LogP contribution < -0.4 is 10.7 Å². The number of para-hydroxylation sites is 1. The number of aryl methyl sites for hydroxylation is 1. The van der Waals surface area contributed by atoms with Crippen molar-refractivity contribution in [2.45, 2.75) is 0 Å². The van der Waals surface area contributed by atoms with E-state index in [2.05, 4.69) is 15.4 Å². The Morgan fingerprint density at radius 2 is 1.86 bits per heavy atom. The van der Waals surface area contributed by atoms with Gasteiger partial charge in [-0.05, 0) is 30.3 Å². The van der Waals surface area contributed by atoms with Crippen molar-refractivity contribution < 1.29 is 0 Å². The van der Waals surface area contributed by atoms with Crippen molar-refractivity contribution in [3.8, 4) is 0 Å². The Bertz CT molecular complexity index is 1030. The summed E-state index contributed by atoms with van der Waals surface area (Å²) in [6, 6.07) is 15.6. The summed E-state index contributed by atoms with van der Waals surface area (Å²) in [7, 11) is 1.77. The molecule has 2 heterocycles. The lowest BCUT2D eigenvalue weighted by Gasteiger charge is -2.07. The molecule has 0 amide bonds. The first-order valence-electron chi connectivity index (χ1n) is 7.02. The van der Waals surface area contributed by atoms with Crippen LogP contribution in [0, 0.1) is 0 Å². The van der Waals surface area contributed by atoms with Gasteiger partial charge in [0.05, 0.1) is 17.2 Å². The van der Waals surface area contributed by atoms with E-state index in [4.69, 9.17) is 0 Å². The van der Waals surface area contributed by atoms with E-state index in [0.717, 1.165) is 22.4 Å². The third-order valence-corrected chi connectivity index (χ3v) is 3.75. The molecule has 0 saturated heterocycles. The van der Waals surface area contributed by atoms with Gasteiger partial charge in [0, 0.05) is 23.8 Å². The van der Waals surface area contributed by atoms with Crippen molar-refractivity contribution >= 4 is 33.3 Å². The van der Waals surface area contributed by atoms with Gasteiger partial charge in [-0.15, -0.1) is 0 Å². The zero-order valence-corrected chi connectivity index (χ0v) is 12.0. The van der Waals surface area contributed by atoms with E-state index in [1.165, 1.54) is 0 Å². The lowest BCUT2D eigenvalue weighted by Crippen LogP contribution is -2.08. The SMILES string of the molecule is Cn1ncc2[nH]c3ccc(Nc4ccccc4)cc3c(=O)c21. The highest BCUT2D eigenvalue weighted by molar-refractivity contribution is 5.92. The summed E-state index contributed by atoms with van der Waals surface area (Å²) in [5, 5.41) is 8.09. The second-order valence-corrected chi connectivity index (χ2v) is 5.24. The number of H-pyrrole nitrogens is 1. The van der Waals surface area contributed by atoms with Crippen LogP contribution in [0.3, 0.4) is 0 Å². The number of fused-ring (bicyclic) bond motifs is 2. The van der Waals surface area contributed by atoms with Crippen molar-refractivity contribution in [1.82, 2.24) is 14.8 Å². The molecule has 0 spiro atoms. The Morgan fingerprint density at radius 1 is 1.05 bits per heavy atom. The van der Waals surface area contributed by atoms with E-state index in [0.29, 0.717) is 10.9 Å². The highest BCUT2D eigenvalue weighted by Gasteiger charge is 2.09. The number of anilines is 2. The molecular weight excluding hydrogens is 276 g/mol. The number of pyridine rings is 1. The maximum absolute atomic E-state index is 12.7. The van der Waals surface area contributed by atoms with Gasteiger partial charge >= 0.3 is 0 Å². The average molecular weight is 290 g/mol. The van der Waals surface area contributed by atoms with Crippen LogP contribution in [0.5, 0.6) is 0 Å². The number of nitrogens with zero attached hydrogens (tertiary/aromatic N) is 2. The van der Waals surface area contributed by atoms with E-state index in [-0.39, 0.29) is 5.43 Å². The second-order valence-electron chi connectivity index (χ2n) is 5.24. The van der Waals surface area contributed by atoms with E-state index in [1.54, 1.807) is 17.9 Å². The molecule has 0 atom stereocenters. The average Bonchev–Trinajstić information content (AvgIpc) is 2.90. The molecule has 4 rings (SSSR count). The van der Waals surface area contributed by atoms with Crippen molar-refractivity contribution in [2.24, 2.45) is 7.05 Å². The molecule has 0 aliphatic rings. The third kappa shape index (κ3) is 1.95. The molecule has 0 radical (unpaired) electrons. The molecule has 2 aromatic carbocycles. The van der Waals surface area contributed by atoms with E-state index < -0.39 is 0 Å². The molecule has 0 aliphatic heterocycles. The second kappa shape index (κ2) is 4.73. The smallest absolute Gasteiger partial charge is 0.215 e. The van der Waals surface area contributed by atoms with Crippen molar-refractivity contribution in [2.75, 3.05) is 5.32 Å². The summed E-state index contributed by atoms with van der Waals surface area (Å²) in [6.45, 7) is 0. The summed E-state index contributed by atoms with van der Waals surface area (Å²) in [5.74, 6) is 0. The molecule has 5 nitrogen and oxygen atoms in total. The fourth-order valence-electron chi connectivity index (χ4n) is 2.68. The van der Waals surface area contributed by atoms with E-state index in [1.807, 2.05) is 48.5 Å². The quantitative estimate of drug-likeness (QED) is 0.596. The molecule has 4 aromatic rings. The lowest BCUT2D eigenvalue weighted by atomic mass is 10.1. The summed E-state index contributed by atoms with van der Waals surface area (Å²) in [6.07, 6.45) is 1.67. The molecule has 0 saturated carbocycles. The van der Waals surface area contributed by atoms with Gasteiger partial charge < -0.3 is 10.3 Å². The van der Waals surface area contributed by atoms with E-state index >= 15 is 0 Å². The van der Waals surface area contributed by atoms with Crippen LogP contribution in [0.2, 0.25) is 0 Å². The molecule has 0 bridgehead atoms. The first kappa shape index (κ1) is 12.6. The topological polar surface area (TPSA) is 62.7 Å². The Balaban J connectivity index is 1.89. The minimum atomic E-state index is -0.0135. The van der Waals surface area contributed by atoms with Crippen LogP contribution in [0.25, 0.3) is 21.9 Å². The third-order valence-electron chi connectivity index (χ3n) is 3.75. The van der Waals surface area contributed by atoms with Gasteiger partial charge in [0.25, 0.3) is 0 Å². The molecule has 5 heteroatoms. The minimum Gasteiger partial charge on any atom is -0.356 e. The number of benzene rings is 2. The van der Waals surface area contributed by atoms with E-state index in [9.17, 15) is 4.79 Å². The van der Waals surface area contributed by atoms with Crippen LogP contribution >= 0.6 is 0 Å². The van der Waals surface area contributed by atoms with Gasteiger partial charge in [-0.25, -0.2) is 0 Å². The molecule has 2 aromatic heterocycles. The molecule has 2 N–H and O–H groups in total. The Hall–Kier alpha value is -3.08. The van der Waals surface area contributed by atoms with Crippen LogP contribution in [-0.4, -0.2) is 14.8 Å². The molecule has 22 heavy (non-hydrogen) atoms. The van der Waals surface area contributed by atoms with Gasteiger partial charge in [-0.3, -0.25) is 9.48 Å². The molecular formula is C17H14N4O. The number of hydrogen-bond donors (Lipinski definition) is 2. The number of rotatable bonds is 2. The summed E-state index contributed by atoms with van der Waals surface area (Å²) in [4.78, 5) is 15.9. The Labute approximate surface area is 126 Å². The summed E-state index contributed by atoms with van der Waals surface area (Å²) < 4.78 is 1.60. The standard InChI is InChI=1S/C17H14N4O/c1-21-16-15(10-18-21)20-14-8-7-12(9-13(14)17(16)22)19-11-5-3-2-4-6-11/h2-10,19H,1H3,(H,20,22). The number of aromatic amines is 1. The van der Waals surface area contributed by atoms with Gasteiger partial charge in [-0.2, -0.15) is 5.10 Å². The first-order chi connectivity index (χ1) is 10.7. The summed E-state index contributed by atoms with van der Waals surface area (Å²) >= 11 is 0. The minimum absolute atomic E-state index is 0.0135. The highest BCUT2D eigenvalue weighted by Crippen LogP contribution is 2.21. The maximum Gasteiger partial charge on any atom is 0.215 e. The number of hydrogen-bond acceptors (Lipinski definition) is 3. The predicted octanol–water partition coefficient (Wildman–Crippen LogP) is 3.16. The first-order valence-corrected chi connectivity index (χ1v) is 7.02. The number of aromatic nitrogens is 3. The normalized spacial score (nSPS) is 11.1. The zero-order valence-electron chi connectivity index (χ0n) is 12.0. The predicted molar refractivity (Wildman–Crippen MR) is 88.6 cm³/mol. The van der Waals surface area contributed by atoms with Gasteiger partial charge in [0.2, 0.25) is 5.43 Å². The molecule has 108 valence electrons. The van der Waals surface area contributed by atoms with Gasteiger partial charge in [-0.1, -0.05) is 18.2 Å². The van der Waals surface area contributed by atoms with Gasteiger partial charge in [0.1, 0.15) is 5.52 Å². The number of nitrogens with one attached hydrogen (secondary N) is 2. The largest absolute Gasteiger partial charge is 0.356 e. The van der Waals surface area contributed by atoms with Crippen LogP contribution in [0.15, 0.2) is 59.5 Å². The Kier molecular flexibility index (Phi) is 2.72. The van der Waals surface area contributed by atoms with Crippen LogP contribution in [0.1, 0.15) is 0 Å². The fourth-order valence-corrected chi connectivity index (χ4v) is 2.68. The lowest BCUT2D eigenvalue weighted by molar-refractivity contribution is 0.795. The summed E-state index contributed by atoms with van der Waals surface area (Å²) in [5.41, 5.74) is 4.00. The zero-order chi connectivity index (χ0) is 15.1. The van der Waals surface area contributed by atoms with Crippen LogP contribution in [0.4, 0.5) is 11.4 Å². The van der Waals surface area contributed by atoms with Crippen molar-refractivity contribution in [1.29, 1.82) is 0 Å². The molecule has 0 unspecified atom stereocenters.